The predicted octanol–water partition coefficient (Wildman–Crippen LogP) is 2.74. The van der Waals surface area contributed by atoms with E-state index in [0.29, 0.717) is 32.2 Å². The van der Waals surface area contributed by atoms with Gasteiger partial charge in [0.1, 0.15) is 5.75 Å². The zero-order valence-electron chi connectivity index (χ0n) is 14.9. The maximum absolute atomic E-state index is 12.7. The van der Waals surface area contributed by atoms with E-state index in [4.69, 9.17) is 9.47 Å². The van der Waals surface area contributed by atoms with Crippen molar-refractivity contribution < 1.29 is 14.3 Å². The molecule has 1 aromatic carbocycles. The van der Waals surface area contributed by atoms with Crippen molar-refractivity contribution in [3.05, 3.63) is 59.4 Å². The number of morpholine rings is 1. The number of carbonyl (C=O) groups excluding carboxylic acids is 1. The van der Waals surface area contributed by atoms with Crippen molar-refractivity contribution in [2.45, 2.75) is 19.3 Å². The van der Waals surface area contributed by atoms with Gasteiger partial charge >= 0.3 is 0 Å². The van der Waals surface area contributed by atoms with Crippen LogP contribution in [0.15, 0.2) is 42.6 Å². The monoisotopic (exact) mass is 352 g/mol. The highest BCUT2D eigenvalue weighted by Gasteiger charge is 2.21. The lowest BCUT2D eigenvalue weighted by atomic mass is 9.92. The molecule has 4 rings (SSSR count). The summed E-state index contributed by atoms with van der Waals surface area (Å²) in [6.07, 6.45) is 4.60. The van der Waals surface area contributed by atoms with E-state index in [0.717, 1.165) is 42.9 Å². The minimum atomic E-state index is 0.0755. The van der Waals surface area contributed by atoms with Crippen molar-refractivity contribution in [3.63, 3.8) is 0 Å². The Balaban J connectivity index is 1.46. The van der Waals surface area contributed by atoms with Crippen molar-refractivity contribution in [2.75, 3.05) is 32.9 Å². The van der Waals surface area contributed by atoms with Gasteiger partial charge in [0.25, 0.3) is 5.91 Å². The molecule has 1 fully saturated rings. The molecular formula is C21H24N2O3. The molecule has 2 aliphatic heterocycles. The Hall–Kier alpha value is -2.40. The number of hydrogen-bond donors (Lipinski definition) is 0. The molecule has 0 N–H and O–H groups in total. The van der Waals surface area contributed by atoms with Crippen molar-refractivity contribution in [1.82, 2.24) is 9.88 Å². The molecule has 0 spiro atoms. The van der Waals surface area contributed by atoms with E-state index in [1.165, 1.54) is 5.56 Å². The fourth-order valence-electron chi connectivity index (χ4n) is 3.70. The quantitative estimate of drug-likeness (QED) is 0.852. The normalized spacial score (nSPS) is 20.0. The Bertz CT molecular complexity index is 771. The van der Waals surface area contributed by atoms with Gasteiger partial charge in [-0.1, -0.05) is 18.2 Å². The van der Waals surface area contributed by atoms with Crippen LogP contribution in [0.2, 0.25) is 0 Å². The number of ether oxygens (including phenoxy) is 2. The van der Waals surface area contributed by atoms with Crippen LogP contribution in [0.4, 0.5) is 0 Å². The predicted molar refractivity (Wildman–Crippen MR) is 98.4 cm³/mol. The van der Waals surface area contributed by atoms with E-state index in [1.54, 1.807) is 6.20 Å². The van der Waals surface area contributed by atoms with E-state index in [-0.39, 0.29) is 5.91 Å². The Morgan fingerprint density at radius 3 is 2.88 bits per heavy atom. The lowest BCUT2D eigenvalue weighted by molar-refractivity contribution is 0.0302. The zero-order valence-corrected chi connectivity index (χ0v) is 14.9. The fourth-order valence-corrected chi connectivity index (χ4v) is 3.70. The van der Waals surface area contributed by atoms with Crippen LogP contribution < -0.4 is 4.74 Å². The number of benzene rings is 1. The summed E-state index contributed by atoms with van der Waals surface area (Å²) in [6.45, 7) is 3.28. The summed E-state index contributed by atoms with van der Waals surface area (Å²) < 4.78 is 11.2. The second kappa shape index (κ2) is 7.87. The van der Waals surface area contributed by atoms with Crippen molar-refractivity contribution in [1.29, 1.82) is 0 Å². The third-order valence-corrected chi connectivity index (χ3v) is 5.12. The van der Waals surface area contributed by atoms with E-state index in [9.17, 15) is 4.79 Å². The summed E-state index contributed by atoms with van der Waals surface area (Å²) in [5.41, 5.74) is 2.96. The largest absolute Gasteiger partial charge is 0.493 e. The molecule has 0 unspecified atom stereocenters. The molecule has 5 nitrogen and oxygen atoms in total. The van der Waals surface area contributed by atoms with Gasteiger partial charge in [-0.05, 0) is 48.9 Å². The number of nitrogens with zero attached hydrogens (tertiary/aromatic N) is 2. The highest BCUT2D eigenvalue weighted by atomic mass is 16.5. The fraction of sp³-hybridized carbons (Fsp3) is 0.429. The third-order valence-electron chi connectivity index (χ3n) is 5.12. The molecule has 1 saturated heterocycles. The smallest absolute Gasteiger partial charge is 0.254 e. The first kappa shape index (κ1) is 17.0. The highest BCUT2D eigenvalue weighted by Crippen LogP contribution is 2.28. The molecule has 1 atom stereocenters. The molecule has 1 aromatic heterocycles. The first-order valence-corrected chi connectivity index (χ1v) is 9.32. The first-order chi connectivity index (χ1) is 12.8. The second-order valence-electron chi connectivity index (χ2n) is 6.96. The topological polar surface area (TPSA) is 51.7 Å². The molecule has 26 heavy (non-hydrogen) atoms. The average molecular weight is 352 g/mol. The van der Waals surface area contributed by atoms with Crippen molar-refractivity contribution in [2.24, 2.45) is 5.92 Å². The maximum atomic E-state index is 12.7. The van der Waals surface area contributed by atoms with Gasteiger partial charge in [0.2, 0.25) is 0 Å². The molecular weight excluding hydrogens is 328 g/mol. The van der Waals surface area contributed by atoms with Gasteiger partial charge in [-0.15, -0.1) is 0 Å². The van der Waals surface area contributed by atoms with Crippen LogP contribution in [0.3, 0.4) is 0 Å². The Morgan fingerprint density at radius 1 is 1.15 bits per heavy atom. The molecule has 2 aromatic rings. The van der Waals surface area contributed by atoms with Gasteiger partial charge in [-0.25, -0.2) is 0 Å². The van der Waals surface area contributed by atoms with Crippen LogP contribution in [0.5, 0.6) is 5.75 Å². The molecule has 1 amide bonds. The SMILES string of the molecule is O=C(c1ccnc(C[C@@H]2CCOc3ccccc3C2)c1)N1CCOCC1. The molecule has 0 saturated carbocycles. The van der Waals surface area contributed by atoms with Crippen LogP contribution in [-0.2, 0) is 17.6 Å². The minimum Gasteiger partial charge on any atom is -0.493 e. The zero-order chi connectivity index (χ0) is 17.8. The number of hydrogen-bond acceptors (Lipinski definition) is 4. The van der Waals surface area contributed by atoms with E-state index < -0.39 is 0 Å². The molecule has 2 aliphatic rings. The van der Waals surface area contributed by atoms with E-state index in [2.05, 4.69) is 17.1 Å². The Morgan fingerprint density at radius 2 is 2.00 bits per heavy atom. The lowest BCUT2D eigenvalue weighted by Crippen LogP contribution is -2.40. The maximum Gasteiger partial charge on any atom is 0.254 e. The standard InChI is InChI=1S/C21H24N2O3/c24-21(23-8-11-25-12-9-23)18-5-7-22-19(15-18)14-16-6-10-26-20-4-2-1-3-17(20)13-16/h1-5,7,15-16H,6,8-14H2/t16-/m1/s1. The summed E-state index contributed by atoms with van der Waals surface area (Å²) in [5, 5.41) is 0. The summed E-state index contributed by atoms with van der Waals surface area (Å²) in [7, 11) is 0. The van der Waals surface area contributed by atoms with Gasteiger partial charge in [-0.2, -0.15) is 0 Å². The number of carbonyl (C=O) groups is 1. The molecule has 0 radical (unpaired) electrons. The molecule has 5 heteroatoms. The Kier molecular flexibility index (Phi) is 5.16. The van der Waals surface area contributed by atoms with Gasteiger partial charge in [0, 0.05) is 30.5 Å². The van der Waals surface area contributed by atoms with Crippen LogP contribution in [-0.4, -0.2) is 48.7 Å². The Labute approximate surface area is 153 Å². The number of pyridine rings is 1. The number of aromatic nitrogens is 1. The van der Waals surface area contributed by atoms with Crippen LogP contribution >= 0.6 is 0 Å². The van der Waals surface area contributed by atoms with Crippen LogP contribution in [0.25, 0.3) is 0 Å². The van der Waals surface area contributed by atoms with E-state index in [1.807, 2.05) is 29.2 Å². The average Bonchev–Trinajstić information content (AvgIpc) is 2.90. The molecule has 3 heterocycles. The van der Waals surface area contributed by atoms with Crippen molar-refractivity contribution >= 4 is 5.91 Å². The van der Waals surface area contributed by atoms with Gasteiger partial charge in [0.15, 0.2) is 0 Å². The summed E-state index contributed by atoms with van der Waals surface area (Å²) in [4.78, 5) is 19.1. The van der Waals surface area contributed by atoms with Crippen LogP contribution in [0, 0.1) is 5.92 Å². The number of rotatable bonds is 3. The number of para-hydroxylation sites is 1. The van der Waals surface area contributed by atoms with Gasteiger partial charge < -0.3 is 14.4 Å². The summed E-state index contributed by atoms with van der Waals surface area (Å²) in [6, 6.07) is 12.0. The van der Waals surface area contributed by atoms with Crippen LogP contribution in [0.1, 0.15) is 28.0 Å². The summed E-state index contributed by atoms with van der Waals surface area (Å²) >= 11 is 0. The highest BCUT2D eigenvalue weighted by molar-refractivity contribution is 5.94. The minimum absolute atomic E-state index is 0.0755. The molecule has 0 aliphatic carbocycles. The molecule has 0 bridgehead atoms. The summed E-state index contributed by atoms with van der Waals surface area (Å²) in [5.74, 6) is 1.55. The van der Waals surface area contributed by atoms with E-state index >= 15 is 0 Å². The van der Waals surface area contributed by atoms with Gasteiger partial charge in [0.05, 0.1) is 19.8 Å². The van der Waals surface area contributed by atoms with Crippen molar-refractivity contribution in [3.8, 4) is 5.75 Å². The molecule has 136 valence electrons. The number of fused-ring (bicyclic) bond motifs is 1. The third kappa shape index (κ3) is 3.88. The lowest BCUT2D eigenvalue weighted by Gasteiger charge is -2.27. The first-order valence-electron chi connectivity index (χ1n) is 9.32. The van der Waals surface area contributed by atoms with Gasteiger partial charge in [-0.3, -0.25) is 9.78 Å². The number of amides is 1. The second-order valence-corrected chi connectivity index (χ2v) is 6.96.